The van der Waals surface area contributed by atoms with E-state index in [1.165, 1.54) is 6.92 Å². The largest absolute Gasteiger partial charge is 0.384 e. The van der Waals surface area contributed by atoms with Gasteiger partial charge in [0.1, 0.15) is 11.9 Å². The number of amides is 1. The predicted octanol–water partition coefficient (Wildman–Crippen LogP) is 0.0374. The number of carbonyl (C=O) groups is 1. The van der Waals surface area contributed by atoms with Gasteiger partial charge in [-0.3, -0.25) is 9.89 Å². The number of nitrogens with zero attached hydrogens (tertiary/aromatic N) is 1. The molecule has 1 heterocycles. The van der Waals surface area contributed by atoms with Crippen LogP contribution in [0, 0.1) is 6.92 Å². The molecule has 12 heavy (non-hydrogen) atoms. The Morgan fingerprint density at radius 2 is 2.50 bits per heavy atom. The van der Waals surface area contributed by atoms with E-state index in [1.54, 1.807) is 13.1 Å². The number of anilines is 1. The minimum Gasteiger partial charge on any atom is -0.384 e. The topological polar surface area (TPSA) is 78.0 Å². The second kappa shape index (κ2) is 3.36. The number of hydrogen-bond donors (Lipinski definition) is 3. The molecule has 1 aromatic heterocycles. The number of nitrogens with one attached hydrogen (secondary N) is 2. The lowest BCUT2D eigenvalue weighted by Gasteiger charge is -2.04. The van der Waals surface area contributed by atoms with Gasteiger partial charge in [0.25, 0.3) is 5.91 Å². The van der Waals surface area contributed by atoms with Gasteiger partial charge in [0.05, 0.1) is 6.20 Å². The summed E-state index contributed by atoms with van der Waals surface area (Å²) in [5, 5.41) is 17.7. The predicted molar refractivity (Wildman–Crippen MR) is 43.6 cm³/mol. The summed E-state index contributed by atoms with van der Waals surface area (Å²) >= 11 is 0. The zero-order valence-electron chi connectivity index (χ0n) is 6.96. The number of aromatic amines is 1. The van der Waals surface area contributed by atoms with Crippen molar-refractivity contribution in [3.05, 3.63) is 11.8 Å². The van der Waals surface area contributed by atoms with Crippen LogP contribution in [0.2, 0.25) is 0 Å². The van der Waals surface area contributed by atoms with Crippen molar-refractivity contribution in [2.24, 2.45) is 0 Å². The molecule has 1 unspecified atom stereocenters. The standard InChI is InChI=1S/C7H11N3O2/c1-4-3-8-10-6(4)9-7(12)5(2)11/h3,5,11H,1-2H3,(H2,8,9,10,12). The van der Waals surface area contributed by atoms with E-state index in [1.807, 2.05) is 0 Å². The van der Waals surface area contributed by atoms with Crippen molar-refractivity contribution in [3.8, 4) is 0 Å². The molecule has 0 aliphatic rings. The van der Waals surface area contributed by atoms with Gasteiger partial charge < -0.3 is 10.4 Å². The van der Waals surface area contributed by atoms with Crippen LogP contribution in [0.1, 0.15) is 12.5 Å². The van der Waals surface area contributed by atoms with Gasteiger partial charge in [-0.1, -0.05) is 0 Å². The molecule has 0 radical (unpaired) electrons. The first-order valence-electron chi connectivity index (χ1n) is 3.60. The number of H-pyrrole nitrogens is 1. The van der Waals surface area contributed by atoms with Gasteiger partial charge in [0.15, 0.2) is 0 Å². The number of rotatable bonds is 2. The molecule has 0 saturated carbocycles. The third-order valence-electron chi connectivity index (χ3n) is 1.46. The van der Waals surface area contributed by atoms with E-state index in [2.05, 4.69) is 15.5 Å². The fraction of sp³-hybridized carbons (Fsp3) is 0.429. The van der Waals surface area contributed by atoms with Crippen LogP contribution in [0.5, 0.6) is 0 Å². The summed E-state index contributed by atoms with van der Waals surface area (Å²) in [6.07, 6.45) is 0.588. The Morgan fingerprint density at radius 1 is 1.83 bits per heavy atom. The molecule has 0 aromatic carbocycles. The number of hydrogen-bond acceptors (Lipinski definition) is 3. The zero-order chi connectivity index (χ0) is 9.14. The second-order valence-electron chi connectivity index (χ2n) is 2.59. The van der Waals surface area contributed by atoms with Gasteiger partial charge in [0, 0.05) is 5.56 Å². The molecule has 0 bridgehead atoms. The van der Waals surface area contributed by atoms with Crippen molar-refractivity contribution >= 4 is 11.7 Å². The van der Waals surface area contributed by atoms with Gasteiger partial charge in [0.2, 0.25) is 0 Å². The molecule has 0 aliphatic heterocycles. The number of aryl methyl sites for hydroxylation is 1. The van der Waals surface area contributed by atoms with Gasteiger partial charge in [-0.05, 0) is 13.8 Å². The fourth-order valence-electron chi connectivity index (χ4n) is 0.701. The molecule has 3 N–H and O–H groups in total. The smallest absolute Gasteiger partial charge is 0.254 e. The molecule has 5 heteroatoms. The van der Waals surface area contributed by atoms with Crippen LogP contribution >= 0.6 is 0 Å². The highest BCUT2D eigenvalue weighted by Crippen LogP contribution is 2.08. The normalized spacial score (nSPS) is 12.6. The Bertz CT molecular complexity index is 280. The van der Waals surface area contributed by atoms with E-state index in [-0.39, 0.29) is 0 Å². The van der Waals surface area contributed by atoms with Gasteiger partial charge >= 0.3 is 0 Å². The molecule has 0 aliphatic carbocycles. The quantitative estimate of drug-likeness (QED) is 0.584. The SMILES string of the molecule is Cc1cn[nH]c1NC(=O)C(C)O. The highest BCUT2D eigenvalue weighted by Gasteiger charge is 2.10. The van der Waals surface area contributed by atoms with E-state index in [9.17, 15) is 4.79 Å². The molecule has 0 spiro atoms. The van der Waals surface area contributed by atoms with Crippen LogP contribution in [-0.4, -0.2) is 27.3 Å². The lowest BCUT2D eigenvalue weighted by Crippen LogP contribution is -2.24. The number of aliphatic hydroxyl groups excluding tert-OH is 1. The first kappa shape index (κ1) is 8.73. The van der Waals surface area contributed by atoms with Crippen LogP contribution in [0.4, 0.5) is 5.82 Å². The van der Waals surface area contributed by atoms with Gasteiger partial charge in [-0.15, -0.1) is 0 Å². The molecule has 5 nitrogen and oxygen atoms in total. The Hall–Kier alpha value is -1.36. The fourth-order valence-corrected chi connectivity index (χ4v) is 0.701. The molecule has 1 rings (SSSR count). The van der Waals surface area contributed by atoms with E-state index >= 15 is 0 Å². The number of carbonyl (C=O) groups excluding carboxylic acids is 1. The van der Waals surface area contributed by atoms with Crippen molar-refractivity contribution in [3.63, 3.8) is 0 Å². The minimum atomic E-state index is -1.01. The van der Waals surface area contributed by atoms with Crippen LogP contribution in [-0.2, 0) is 4.79 Å². The summed E-state index contributed by atoms with van der Waals surface area (Å²) < 4.78 is 0. The lowest BCUT2D eigenvalue weighted by molar-refractivity contribution is -0.123. The van der Waals surface area contributed by atoms with Crippen molar-refractivity contribution in [1.82, 2.24) is 10.2 Å². The van der Waals surface area contributed by atoms with Crippen LogP contribution < -0.4 is 5.32 Å². The summed E-state index contributed by atoms with van der Waals surface area (Å²) in [5.41, 5.74) is 0.837. The molecule has 0 fully saturated rings. The molecule has 0 saturated heterocycles. The number of aromatic nitrogens is 2. The highest BCUT2D eigenvalue weighted by atomic mass is 16.3. The third kappa shape index (κ3) is 1.82. The van der Waals surface area contributed by atoms with E-state index in [0.29, 0.717) is 5.82 Å². The molecule has 1 amide bonds. The van der Waals surface area contributed by atoms with Crippen molar-refractivity contribution in [2.75, 3.05) is 5.32 Å². The average molecular weight is 169 g/mol. The van der Waals surface area contributed by atoms with Crippen molar-refractivity contribution in [1.29, 1.82) is 0 Å². The Morgan fingerprint density at radius 3 is 2.92 bits per heavy atom. The first-order valence-corrected chi connectivity index (χ1v) is 3.60. The second-order valence-corrected chi connectivity index (χ2v) is 2.59. The first-order chi connectivity index (χ1) is 5.61. The van der Waals surface area contributed by atoms with E-state index < -0.39 is 12.0 Å². The van der Waals surface area contributed by atoms with Crippen LogP contribution in [0.3, 0.4) is 0 Å². The minimum absolute atomic E-state index is 0.442. The maximum absolute atomic E-state index is 11.0. The maximum Gasteiger partial charge on any atom is 0.254 e. The molecule has 1 aromatic rings. The molecule has 66 valence electrons. The Balaban J connectivity index is 2.64. The van der Waals surface area contributed by atoms with Gasteiger partial charge in [-0.25, -0.2) is 0 Å². The van der Waals surface area contributed by atoms with Crippen LogP contribution in [0.25, 0.3) is 0 Å². The summed E-state index contributed by atoms with van der Waals surface area (Å²) in [7, 11) is 0. The van der Waals surface area contributed by atoms with E-state index in [4.69, 9.17) is 5.11 Å². The Kier molecular flexibility index (Phi) is 2.44. The number of aliphatic hydroxyl groups is 1. The van der Waals surface area contributed by atoms with Crippen molar-refractivity contribution < 1.29 is 9.90 Å². The molecule has 1 atom stereocenters. The zero-order valence-corrected chi connectivity index (χ0v) is 6.96. The lowest BCUT2D eigenvalue weighted by atomic mass is 10.3. The van der Waals surface area contributed by atoms with Gasteiger partial charge in [-0.2, -0.15) is 5.10 Å². The molecular formula is C7H11N3O2. The Labute approximate surface area is 69.8 Å². The van der Waals surface area contributed by atoms with E-state index in [0.717, 1.165) is 5.56 Å². The van der Waals surface area contributed by atoms with Crippen LogP contribution in [0.15, 0.2) is 6.20 Å². The third-order valence-corrected chi connectivity index (χ3v) is 1.46. The summed E-state index contributed by atoms with van der Waals surface area (Å²) in [6, 6.07) is 0. The summed E-state index contributed by atoms with van der Waals surface area (Å²) in [5.74, 6) is 0.0863. The monoisotopic (exact) mass is 169 g/mol. The summed E-state index contributed by atoms with van der Waals surface area (Å²) in [6.45, 7) is 3.21. The maximum atomic E-state index is 11.0. The highest BCUT2D eigenvalue weighted by molar-refractivity contribution is 5.93. The van der Waals surface area contributed by atoms with Crippen molar-refractivity contribution in [2.45, 2.75) is 20.0 Å². The average Bonchev–Trinajstić information content (AvgIpc) is 2.36. The molecular weight excluding hydrogens is 158 g/mol. The summed E-state index contributed by atoms with van der Waals surface area (Å²) in [4.78, 5) is 11.0.